The van der Waals surface area contributed by atoms with Crippen molar-refractivity contribution in [2.45, 2.75) is 44.2 Å². The summed E-state index contributed by atoms with van der Waals surface area (Å²) in [5.74, 6) is 1.52. The quantitative estimate of drug-likeness (QED) is 0.410. The number of aliphatic imine (C=N–C) groups is 1. The Bertz CT molecular complexity index is 576. The summed E-state index contributed by atoms with van der Waals surface area (Å²) in [5, 5.41) is 0. The van der Waals surface area contributed by atoms with Gasteiger partial charge in [0.1, 0.15) is 0 Å². The minimum atomic E-state index is 0. The fourth-order valence-corrected chi connectivity index (χ4v) is 4.10. The zero-order valence-electron chi connectivity index (χ0n) is 15.3. The minimum absolute atomic E-state index is 0. The number of guanidine groups is 1. The summed E-state index contributed by atoms with van der Waals surface area (Å²) in [5.41, 5.74) is 6.28. The highest BCUT2D eigenvalue weighted by atomic mass is 127. The molecule has 0 unspecified atom stereocenters. The number of anilines is 1. The van der Waals surface area contributed by atoms with Gasteiger partial charge in [-0.25, -0.2) is 15.0 Å². The minimum Gasteiger partial charge on any atom is -0.370 e. The topological polar surface area (TPSA) is 73.9 Å². The first-order valence-electron chi connectivity index (χ1n) is 9.64. The highest BCUT2D eigenvalue weighted by molar-refractivity contribution is 14.0. The number of nitrogens with zero attached hydrogens (tertiary/aromatic N) is 6. The number of nitrogens with two attached hydrogens (primary N) is 1. The lowest BCUT2D eigenvalue weighted by molar-refractivity contribution is 0.0908. The maximum atomic E-state index is 6.28. The summed E-state index contributed by atoms with van der Waals surface area (Å²) in [7, 11) is 0. The number of hydrogen-bond donors (Lipinski definition) is 1. The number of piperidine rings is 1. The first-order valence-corrected chi connectivity index (χ1v) is 9.64. The second-order valence-electron chi connectivity index (χ2n) is 7.39. The van der Waals surface area contributed by atoms with Gasteiger partial charge in [-0.1, -0.05) is 6.42 Å². The van der Waals surface area contributed by atoms with Crippen LogP contribution in [0.25, 0.3) is 0 Å². The lowest BCUT2D eigenvalue weighted by Crippen LogP contribution is -2.53. The van der Waals surface area contributed by atoms with Crippen molar-refractivity contribution in [2.75, 3.05) is 44.2 Å². The Morgan fingerprint density at radius 2 is 1.62 bits per heavy atom. The zero-order chi connectivity index (χ0) is 17.1. The summed E-state index contributed by atoms with van der Waals surface area (Å²) in [6, 6.07) is 3.01. The van der Waals surface area contributed by atoms with Crippen molar-refractivity contribution in [1.29, 1.82) is 0 Å². The van der Waals surface area contributed by atoms with Gasteiger partial charge in [0.05, 0.1) is 6.04 Å². The molecule has 0 aromatic carbocycles. The van der Waals surface area contributed by atoms with Gasteiger partial charge in [0, 0.05) is 44.6 Å². The van der Waals surface area contributed by atoms with Gasteiger partial charge in [-0.3, -0.25) is 0 Å². The van der Waals surface area contributed by atoms with E-state index in [1.165, 1.54) is 45.2 Å². The fraction of sp³-hybridized carbons (Fsp3) is 0.722. The average Bonchev–Trinajstić information content (AvgIpc) is 2.66. The van der Waals surface area contributed by atoms with Crippen LogP contribution in [0.1, 0.15) is 32.1 Å². The molecule has 0 radical (unpaired) electrons. The van der Waals surface area contributed by atoms with Crippen LogP contribution in [0.3, 0.4) is 0 Å². The largest absolute Gasteiger partial charge is 0.370 e. The molecule has 1 aliphatic carbocycles. The van der Waals surface area contributed by atoms with Crippen molar-refractivity contribution < 1.29 is 0 Å². The molecule has 0 amide bonds. The highest BCUT2D eigenvalue weighted by Crippen LogP contribution is 2.30. The van der Waals surface area contributed by atoms with E-state index in [2.05, 4.69) is 24.7 Å². The molecule has 0 atom stereocenters. The van der Waals surface area contributed by atoms with E-state index in [9.17, 15) is 0 Å². The molecule has 3 heterocycles. The highest BCUT2D eigenvalue weighted by Gasteiger charge is 2.34. The Labute approximate surface area is 173 Å². The third kappa shape index (κ3) is 4.57. The summed E-state index contributed by atoms with van der Waals surface area (Å²) in [4.78, 5) is 20.5. The van der Waals surface area contributed by atoms with Crippen LogP contribution in [-0.4, -0.2) is 77.1 Å². The molecule has 1 saturated carbocycles. The first kappa shape index (κ1) is 19.6. The second-order valence-corrected chi connectivity index (χ2v) is 7.39. The van der Waals surface area contributed by atoms with E-state index in [0.717, 1.165) is 44.1 Å². The molecule has 2 saturated heterocycles. The van der Waals surface area contributed by atoms with Gasteiger partial charge in [-0.05, 0) is 44.8 Å². The van der Waals surface area contributed by atoms with E-state index in [1.807, 2.05) is 6.07 Å². The van der Waals surface area contributed by atoms with E-state index >= 15 is 0 Å². The lowest BCUT2D eigenvalue weighted by Gasteiger charge is -2.43. The molecular formula is C18H30IN7. The Balaban J connectivity index is 0.00000196. The Morgan fingerprint density at radius 3 is 2.27 bits per heavy atom. The second kappa shape index (κ2) is 9.16. The molecule has 2 N–H and O–H groups in total. The number of rotatable bonds is 3. The molecule has 0 spiro atoms. The maximum absolute atomic E-state index is 6.28. The van der Waals surface area contributed by atoms with Crippen LogP contribution in [0.5, 0.6) is 0 Å². The fourth-order valence-electron chi connectivity index (χ4n) is 4.10. The molecule has 3 fully saturated rings. The predicted molar refractivity (Wildman–Crippen MR) is 115 cm³/mol. The van der Waals surface area contributed by atoms with E-state index in [-0.39, 0.29) is 24.0 Å². The molecule has 0 bridgehead atoms. The van der Waals surface area contributed by atoms with Gasteiger partial charge >= 0.3 is 0 Å². The van der Waals surface area contributed by atoms with Gasteiger partial charge in [-0.2, -0.15) is 0 Å². The number of halogens is 1. The third-order valence-corrected chi connectivity index (χ3v) is 5.75. The number of piperazine rings is 1. The summed E-state index contributed by atoms with van der Waals surface area (Å²) < 4.78 is 0. The lowest BCUT2D eigenvalue weighted by atomic mass is 9.85. The molecule has 4 rings (SSSR count). The maximum Gasteiger partial charge on any atom is 0.225 e. The van der Waals surface area contributed by atoms with E-state index in [0.29, 0.717) is 6.04 Å². The third-order valence-electron chi connectivity index (χ3n) is 5.75. The predicted octanol–water partition coefficient (Wildman–Crippen LogP) is 1.55. The molecule has 1 aromatic rings. The van der Waals surface area contributed by atoms with Gasteiger partial charge in [0.25, 0.3) is 0 Å². The Morgan fingerprint density at radius 1 is 0.962 bits per heavy atom. The summed E-state index contributed by atoms with van der Waals surface area (Å²) >= 11 is 0. The van der Waals surface area contributed by atoms with Crippen LogP contribution in [0.15, 0.2) is 23.5 Å². The molecule has 2 aliphatic heterocycles. The Hall–Kier alpha value is -1.16. The SMILES string of the molecule is I.NC(=NC1CC(N2CCCCC2)C1)N1CCN(c2ncccn2)CC1. The van der Waals surface area contributed by atoms with E-state index in [1.54, 1.807) is 12.4 Å². The van der Waals surface area contributed by atoms with E-state index < -0.39 is 0 Å². The van der Waals surface area contributed by atoms with Crippen LogP contribution in [-0.2, 0) is 0 Å². The van der Waals surface area contributed by atoms with Crippen molar-refractivity contribution in [2.24, 2.45) is 10.7 Å². The van der Waals surface area contributed by atoms with Crippen LogP contribution in [0.2, 0.25) is 0 Å². The molecular weight excluding hydrogens is 441 g/mol. The smallest absolute Gasteiger partial charge is 0.225 e. The van der Waals surface area contributed by atoms with Gasteiger partial charge in [-0.15, -0.1) is 24.0 Å². The van der Waals surface area contributed by atoms with Crippen molar-refractivity contribution in [1.82, 2.24) is 19.8 Å². The molecule has 7 nitrogen and oxygen atoms in total. The van der Waals surface area contributed by atoms with Crippen molar-refractivity contribution >= 4 is 35.9 Å². The van der Waals surface area contributed by atoms with Crippen LogP contribution in [0, 0.1) is 0 Å². The Kier molecular flexibility index (Phi) is 6.91. The number of likely N-dealkylation sites (tertiary alicyclic amines) is 1. The van der Waals surface area contributed by atoms with Gasteiger partial charge < -0.3 is 20.4 Å². The normalized spacial score (nSPS) is 27.6. The van der Waals surface area contributed by atoms with Crippen molar-refractivity contribution in [3.63, 3.8) is 0 Å². The monoisotopic (exact) mass is 471 g/mol. The molecule has 8 heteroatoms. The number of aromatic nitrogens is 2. The van der Waals surface area contributed by atoms with Crippen molar-refractivity contribution in [3.05, 3.63) is 18.5 Å². The van der Waals surface area contributed by atoms with Gasteiger partial charge in [0.15, 0.2) is 5.96 Å². The average molecular weight is 471 g/mol. The molecule has 144 valence electrons. The summed E-state index contributed by atoms with van der Waals surface area (Å²) in [6.45, 7) is 6.11. The molecule has 1 aromatic heterocycles. The summed E-state index contributed by atoms with van der Waals surface area (Å²) in [6.07, 6.45) is 10.1. The first-order chi connectivity index (χ1) is 12.3. The standard InChI is InChI=1S/C18H29N7.HI/c19-17(22-15-13-16(14-15)23-7-2-1-3-8-23)24-9-11-25(12-10-24)18-20-5-4-6-21-18;/h4-6,15-16H,1-3,7-14H2,(H2,19,22);1H. The molecule has 26 heavy (non-hydrogen) atoms. The van der Waals surface area contributed by atoms with Gasteiger partial charge in [0.2, 0.25) is 5.95 Å². The molecule has 3 aliphatic rings. The van der Waals surface area contributed by atoms with E-state index in [4.69, 9.17) is 10.7 Å². The zero-order valence-corrected chi connectivity index (χ0v) is 17.7. The number of hydrogen-bond acceptors (Lipinski definition) is 5. The van der Waals surface area contributed by atoms with Crippen LogP contribution >= 0.6 is 24.0 Å². The van der Waals surface area contributed by atoms with Crippen LogP contribution in [0.4, 0.5) is 5.95 Å². The van der Waals surface area contributed by atoms with Crippen molar-refractivity contribution in [3.8, 4) is 0 Å². The van der Waals surface area contributed by atoms with Crippen LogP contribution < -0.4 is 10.6 Å².